The van der Waals surface area contributed by atoms with Crippen LogP contribution in [-0.4, -0.2) is 23.1 Å². The van der Waals surface area contributed by atoms with Gasteiger partial charge < -0.3 is 0 Å². The van der Waals surface area contributed by atoms with E-state index in [1.807, 2.05) is 13.0 Å². The minimum atomic E-state index is -0.983. The van der Waals surface area contributed by atoms with E-state index in [0.717, 1.165) is 75.2 Å². The van der Waals surface area contributed by atoms with Crippen molar-refractivity contribution in [3.05, 3.63) is 70.3 Å². The quantitative estimate of drug-likeness (QED) is 0.235. The van der Waals surface area contributed by atoms with Crippen LogP contribution in [0.25, 0.3) is 0 Å². The second-order valence-electron chi connectivity index (χ2n) is 18.7. The molecule has 0 N–H and O–H groups in total. The Morgan fingerprint density at radius 2 is 1.29 bits per heavy atom. The highest BCUT2D eigenvalue weighted by atomic mass is 16.1. The molecule has 0 spiro atoms. The van der Waals surface area contributed by atoms with E-state index in [0.29, 0.717) is 24.5 Å². The van der Waals surface area contributed by atoms with Crippen LogP contribution in [0.4, 0.5) is 0 Å². The lowest BCUT2D eigenvalue weighted by Crippen LogP contribution is -2.41. The minimum absolute atomic E-state index is 0.0453. The average molecular weight is 693 g/mol. The van der Waals surface area contributed by atoms with Crippen molar-refractivity contribution in [2.75, 3.05) is 0 Å². The van der Waals surface area contributed by atoms with Crippen molar-refractivity contribution >= 4 is 23.1 Å². The zero-order chi connectivity index (χ0) is 36.3. The Morgan fingerprint density at radius 1 is 0.686 bits per heavy atom. The Balaban J connectivity index is 1.14. The topological polar surface area (TPSA) is 68.3 Å². The third-order valence-electron chi connectivity index (χ3n) is 13.8. The molecule has 3 saturated carbocycles. The van der Waals surface area contributed by atoms with E-state index in [2.05, 4.69) is 64.1 Å². The van der Waals surface area contributed by atoms with Crippen LogP contribution in [0.1, 0.15) is 152 Å². The van der Waals surface area contributed by atoms with E-state index in [-0.39, 0.29) is 53.4 Å². The Bertz CT molecular complexity index is 1570. The highest BCUT2D eigenvalue weighted by molar-refractivity contribution is 5.97. The van der Waals surface area contributed by atoms with Crippen LogP contribution in [-0.2, 0) is 43.9 Å². The number of Topliss-reactive ketones (excluding diaryl/α,β-unsaturated/α-hetero) is 4. The molecule has 3 fully saturated rings. The smallest absolute Gasteiger partial charge is 0.142 e. The van der Waals surface area contributed by atoms with E-state index in [4.69, 9.17) is 0 Å². The van der Waals surface area contributed by atoms with E-state index in [9.17, 15) is 19.2 Å². The van der Waals surface area contributed by atoms with Crippen molar-refractivity contribution in [3.8, 4) is 0 Å². The number of hydrogen-bond donors (Lipinski definition) is 0. The number of ketones is 4. The first-order valence-electron chi connectivity index (χ1n) is 20.6. The van der Waals surface area contributed by atoms with Crippen LogP contribution in [0.5, 0.6) is 0 Å². The van der Waals surface area contributed by atoms with Crippen LogP contribution < -0.4 is 0 Å². The molecule has 0 aliphatic heterocycles. The van der Waals surface area contributed by atoms with Gasteiger partial charge in [0.05, 0.1) is 0 Å². The summed E-state index contributed by atoms with van der Waals surface area (Å²) < 4.78 is 0. The molecule has 6 rings (SSSR count). The molecule has 0 saturated heterocycles. The van der Waals surface area contributed by atoms with Crippen LogP contribution in [0.2, 0.25) is 0 Å². The second-order valence-corrected chi connectivity index (χ2v) is 18.7. The first-order valence-corrected chi connectivity index (χ1v) is 20.6. The number of hydrogen-bond acceptors (Lipinski definition) is 4. The van der Waals surface area contributed by atoms with E-state index >= 15 is 0 Å². The highest BCUT2D eigenvalue weighted by Gasteiger charge is 2.45. The molecule has 276 valence electrons. The van der Waals surface area contributed by atoms with Crippen LogP contribution in [0, 0.1) is 47.8 Å². The van der Waals surface area contributed by atoms with Gasteiger partial charge in [-0.05, 0) is 110 Å². The zero-order valence-corrected chi connectivity index (χ0v) is 32.4. The van der Waals surface area contributed by atoms with Crippen molar-refractivity contribution in [2.24, 2.45) is 40.9 Å². The average Bonchev–Trinajstić information content (AvgIpc) is 3.11. The maximum absolute atomic E-state index is 14.6. The summed E-state index contributed by atoms with van der Waals surface area (Å²) in [6, 6.07) is 14.7. The van der Waals surface area contributed by atoms with Gasteiger partial charge in [-0.3, -0.25) is 19.2 Å². The molecule has 0 radical (unpaired) electrons. The van der Waals surface area contributed by atoms with Gasteiger partial charge in [-0.25, -0.2) is 0 Å². The molecule has 2 aromatic rings. The normalized spacial score (nSPS) is 27.3. The molecule has 0 heterocycles. The Morgan fingerprint density at radius 3 is 1.96 bits per heavy atom. The second kappa shape index (κ2) is 16.0. The van der Waals surface area contributed by atoms with E-state index in [1.165, 1.54) is 54.4 Å². The number of carbonyl (C=O) groups is 4. The molecule has 4 aliphatic rings. The molecule has 2 atom stereocenters. The predicted molar refractivity (Wildman–Crippen MR) is 206 cm³/mol. The Kier molecular flexibility index (Phi) is 11.9. The lowest BCUT2D eigenvalue weighted by Gasteiger charge is -2.39. The lowest BCUT2D eigenvalue weighted by atomic mass is 9.64. The van der Waals surface area contributed by atoms with Gasteiger partial charge in [0.15, 0.2) is 0 Å². The summed E-state index contributed by atoms with van der Waals surface area (Å²) in [5, 5.41) is 0. The van der Waals surface area contributed by atoms with Gasteiger partial charge in [-0.15, -0.1) is 0 Å². The summed E-state index contributed by atoms with van der Waals surface area (Å²) in [6.45, 7) is 10.6. The fraction of sp³-hybridized carbons (Fsp3) is 0.660. The third-order valence-corrected chi connectivity index (χ3v) is 13.8. The molecule has 0 amide bonds. The SMILES string of the molecule is Cc1ccc(CC(=O)CC(C)(CC(=O)C2CCC(C3Cc4ccccc4CC3=O)CC2)C(=O)C2CCC(C3CCCCC3)CC2)c(C(C)(C)C)c1. The van der Waals surface area contributed by atoms with Gasteiger partial charge in [-0.2, -0.15) is 0 Å². The van der Waals surface area contributed by atoms with Crippen LogP contribution >= 0.6 is 0 Å². The standard InChI is InChI=1S/C47H64O4/c1-31-15-16-39(42(25-31)46(2,3)4)26-40(48)29-47(5,45(51)36-23-17-33(18-24-36)32-11-7-6-8-12-32)30-44(50)35-21-19-34(20-22-35)41-27-37-13-9-10-14-38(37)28-43(41)49/h9-10,13-16,25,32-36,41H,6-8,11-12,17-24,26-30H2,1-5H3. The molecular weight excluding hydrogens is 629 g/mol. The predicted octanol–water partition coefficient (Wildman–Crippen LogP) is 10.5. The molecule has 4 heteroatoms. The molecule has 51 heavy (non-hydrogen) atoms. The Labute approximate surface area is 308 Å². The van der Waals surface area contributed by atoms with Gasteiger partial charge in [0.25, 0.3) is 0 Å². The first-order chi connectivity index (χ1) is 24.3. The van der Waals surface area contributed by atoms with Gasteiger partial charge >= 0.3 is 0 Å². The molecular formula is C47H64O4. The summed E-state index contributed by atoms with van der Waals surface area (Å²) in [4.78, 5) is 56.1. The van der Waals surface area contributed by atoms with Crippen molar-refractivity contribution in [3.63, 3.8) is 0 Å². The summed E-state index contributed by atoms with van der Waals surface area (Å²) in [5.41, 5.74) is 4.77. The fourth-order valence-electron chi connectivity index (χ4n) is 10.8. The summed E-state index contributed by atoms with van der Waals surface area (Å²) in [6.07, 6.45) is 16.0. The van der Waals surface area contributed by atoms with Gasteiger partial charge in [-0.1, -0.05) is 108 Å². The van der Waals surface area contributed by atoms with Crippen molar-refractivity contribution < 1.29 is 19.2 Å². The van der Waals surface area contributed by atoms with Crippen LogP contribution in [0.3, 0.4) is 0 Å². The third kappa shape index (κ3) is 9.02. The molecule has 2 aromatic carbocycles. The highest BCUT2D eigenvalue weighted by Crippen LogP contribution is 2.45. The van der Waals surface area contributed by atoms with E-state index in [1.54, 1.807) is 0 Å². The van der Waals surface area contributed by atoms with Crippen molar-refractivity contribution in [1.29, 1.82) is 0 Å². The number of benzene rings is 2. The number of aryl methyl sites for hydroxylation is 1. The molecule has 4 nitrogen and oxygen atoms in total. The number of rotatable bonds is 11. The minimum Gasteiger partial charge on any atom is -0.299 e. The van der Waals surface area contributed by atoms with Gasteiger partial charge in [0, 0.05) is 48.9 Å². The zero-order valence-electron chi connectivity index (χ0n) is 32.4. The Hall–Kier alpha value is -2.88. The summed E-state index contributed by atoms with van der Waals surface area (Å²) in [7, 11) is 0. The molecule has 4 aliphatic carbocycles. The summed E-state index contributed by atoms with van der Waals surface area (Å²) in [5.74, 6) is 2.46. The maximum Gasteiger partial charge on any atom is 0.142 e. The lowest BCUT2D eigenvalue weighted by molar-refractivity contribution is -0.142. The number of fused-ring (bicyclic) bond motifs is 1. The maximum atomic E-state index is 14.6. The summed E-state index contributed by atoms with van der Waals surface area (Å²) >= 11 is 0. The fourth-order valence-corrected chi connectivity index (χ4v) is 10.8. The molecule has 0 bridgehead atoms. The number of carbonyl (C=O) groups excluding carboxylic acids is 4. The first kappa shape index (κ1) is 37.9. The largest absolute Gasteiger partial charge is 0.299 e. The van der Waals surface area contributed by atoms with Gasteiger partial charge in [0.2, 0.25) is 0 Å². The van der Waals surface area contributed by atoms with Crippen LogP contribution in [0.15, 0.2) is 42.5 Å². The molecule has 0 aromatic heterocycles. The molecule has 2 unspecified atom stereocenters. The van der Waals surface area contributed by atoms with E-state index < -0.39 is 5.41 Å². The van der Waals surface area contributed by atoms with Crippen molar-refractivity contribution in [1.82, 2.24) is 0 Å². The monoisotopic (exact) mass is 692 g/mol. The van der Waals surface area contributed by atoms with Gasteiger partial charge in [0.1, 0.15) is 23.1 Å². The van der Waals surface area contributed by atoms with Crippen molar-refractivity contribution in [2.45, 2.75) is 156 Å².